The third kappa shape index (κ3) is 5.61. The first kappa shape index (κ1) is 22.3. The Morgan fingerprint density at radius 3 is 2.70 bits per heavy atom. The number of aromatic nitrogens is 2. The molecule has 2 saturated heterocycles. The van der Waals surface area contributed by atoms with Crippen molar-refractivity contribution in [3.8, 4) is 5.69 Å². The van der Waals surface area contributed by atoms with Crippen LogP contribution in [0.4, 0.5) is 0 Å². The van der Waals surface area contributed by atoms with Crippen LogP contribution in [-0.4, -0.2) is 58.7 Å². The number of likely N-dealkylation sites (tertiary alicyclic amines) is 1. The lowest BCUT2D eigenvalue weighted by Gasteiger charge is -2.33. The van der Waals surface area contributed by atoms with Crippen molar-refractivity contribution in [3.05, 3.63) is 48.3 Å². The molecule has 0 aliphatic carbocycles. The molecule has 30 heavy (non-hydrogen) atoms. The molecular formula is C22H30ClN5O2. The fourth-order valence-corrected chi connectivity index (χ4v) is 4.21. The Kier molecular flexibility index (Phi) is 7.87. The molecule has 2 aromatic rings. The number of benzene rings is 1. The lowest BCUT2D eigenvalue weighted by molar-refractivity contribution is -0.132. The summed E-state index contributed by atoms with van der Waals surface area (Å²) >= 11 is 0. The second-order valence-corrected chi connectivity index (χ2v) is 8.04. The predicted octanol–water partition coefficient (Wildman–Crippen LogP) is 1.94. The summed E-state index contributed by atoms with van der Waals surface area (Å²) in [5.74, 6) is 0.591. The first-order valence-electron chi connectivity index (χ1n) is 10.6. The predicted molar refractivity (Wildman–Crippen MR) is 118 cm³/mol. The van der Waals surface area contributed by atoms with E-state index in [1.807, 2.05) is 41.4 Å². The molecule has 2 fully saturated rings. The van der Waals surface area contributed by atoms with Crippen LogP contribution in [0.3, 0.4) is 0 Å². The second kappa shape index (κ2) is 10.6. The summed E-state index contributed by atoms with van der Waals surface area (Å²) in [6, 6.07) is 9.80. The molecule has 2 unspecified atom stereocenters. The molecule has 162 valence electrons. The number of rotatable bonds is 6. The Morgan fingerprint density at radius 2 is 2.00 bits per heavy atom. The molecule has 2 aliphatic heterocycles. The van der Waals surface area contributed by atoms with Gasteiger partial charge in [-0.05, 0) is 61.9 Å². The molecule has 0 bridgehead atoms. The third-order valence-corrected chi connectivity index (χ3v) is 5.87. The van der Waals surface area contributed by atoms with Gasteiger partial charge in [-0.25, -0.2) is 4.68 Å². The molecule has 0 saturated carbocycles. The first-order valence-corrected chi connectivity index (χ1v) is 10.6. The maximum atomic E-state index is 12.8. The van der Waals surface area contributed by atoms with E-state index in [9.17, 15) is 9.59 Å². The monoisotopic (exact) mass is 431 g/mol. The van der Waals surface area contributed by atoms with E-state index >= 15 is 0 Å². The Morgan fingerprint density at radius 1 is 1.17 bits per heavy atom. The Bertz CT molecular complexity index is 819. The van der Waals surface area contributed by atoms with Crippen LogP contribution in [0.1, 0.15) is 31.2 Å². The van der Waals surface area contributed by atoms with Gasteiger partial charge in [0.15, 0.2) is 0 Å². The van der Waals surface area contributed by atoms with Gasteiger partial charge in [-0.2, -0.15) is 5.10 Å². The van der Waals surface area contributed by atoms with Crippen LogP contribution in [0.15, 0.2) is 42.7 Å². The van der Waals surface area contributed by atoms with Crippen LogP contribution < -0.4 is 10.6 Å². The molecule has 0 radical (unpaired) electrons. The van der Waals surface area contributed by atoms with E-state index in [2.05, 4.69) is 15.7 Å². The fraction of sp³-hybridized carbons (Fsp3) is 0.500. The molecule has 4 rings (SSSR count). The summed E-state index contributed by atoms with van der Waals surface area (Å²) in [7, 11) is 0. The average Bonchev–Trinajstić information content (AvgIpc) is 3.47. The molecule has 7 nitrogen and oxygen atoms in total. The Hall–Kier alpha value is -2.38. The van der Waals surface area contributed by atoms with Crippen molar-refractivity contribution in [1.29, 1.82) is 0 Å². The highest BCUT2D eigenvalue weighted by atomic mass is 35.5. The number of hydrogen-bond acceptors (Lipinski definition) is 4. The van der Waals surface area contributed by atoms with Gasteiger partial charge in [0.1, 0.15) is 0 Å². The van der Waals surface area contributed by atoms with Gasteiger partial charge in [-0.1, -0.05) is 12.1 Å². The molecule has 2 amide bonds. The molecule has 1 aromatic heterocycles. The summed E-state index contributed by atoms with van der Waals surface area (Å²) in [6.45, 7) is 3.10. The molecular weight excluding hydrogens is 402 g/mol. The van der Waals surface area contributed by atoms with Crippen LogP contribution in [0.5, 0.6) is 0 Å². The minimum absolute atomic E-state index is 0. The lowest BCUT2D eigenvalue weighted by atomic mass is 9.97. The zero-order chi connectivity index (χ0) is 20.1. The standard InChI is InChI=1S/C22H29N5O2.ClH/c28-21(14-17-6-8-19(9-7-17)27-13-3-11-25-27)26-12-2-4-18(16-26)15-24-22(29)20-5-1-10-23-20;/h3,6-9,11,13,18,20,23H,1-2,4-5,10,12,14-16H2,(H,24,29);1H. The average molecular weight is 432 g/mol. The quantitative estimate of drug-likeness (QED) is 0.732. The van der Waals surface area contributed by atoms with Gasteiger partial charge in [0.2, 0.25) is 11.8 Å². The van der Waals surface area contributed by atoms with Crippen molar-refractivity contribution < 1.29 is 9.59 Å². The normalized spacial score (nSPS) is 21.1. The van der Waals surface area contributed by atoms with Gasteiger partial charge in [0, 0.05) is 32.0 Å². The summed E-state index contributed by atoms with van der Waals surface area (Å²) < 4.78 is 1.80. The van der Waals surface area contributed by atoms with E-state index in [1.54, 1.807) is 10.9 Å². The minimum Gasteiger partial charge on any atom is -0.354 e. The zero-order valence-corrected chi connectivity index (χ0v) is 17.9. The van der Waals surface area contributed by atoms with E-state index in [4.69, 9.17) is 0 Å². The largest absolute Gasteiger partial charge is 0.354 e. The smallest absolute Gasteiger partial charge is 0.237 e. The maximum Gasteiger partial charge on any atom is 0.237 e. The summed E-state index contributed by atoms with van der Waals surface area (Å²) in [6.07, 6.45) is 8.08. The van der Waals surface area contributed by atoms with E-state index in [-0.39, 0.29) is 30.3 Å². The number of hydrogen-bond donors (Lipinski definition) is 2. The van der Waals surface area contributed by atoms with Gasteiger partial charge in [-0.3, -0.25) is 9.59 Å². The lowest BCUT2D eigenvalue weighted by Crippen LogP contribution is -2.47. The number of carbonyl (C=O) groups excluding carboxylic acids is 2. The molecule has 2 N–H and O–H groups in total. The maximum absolute atomic E-state index is 12.8. The first-order chi connectivity index (χ1) is 14.2. The van der Waals surface area contributed by atoms with Crippen molar-refractivity contribution in [3.63, 3.8) is 0 Å². The topological polar surface area (TPSA) is 79.3 Å². The molecule has 1 aromatic carbocycles. The van der Waals surface area contributed by atoms with E-state index < -0.39 is 0 Å². The van der Waals surface area contributed by atoms with Crippen molar-refractivity contribution in [2.45, 2.75) is 38.1 Å². The van der Waals surface area contributed by atoms with Crippen molar-refractivity contribution >= 4 is 24.2 Å². The van der Waals surface area contributed by atoms with Gasteiger partial charge in [0.05, 0.1) is 18.2 Å². The van der Waals surface area contributed by atoms with Crippen LogP contribution in [-0.2, 0) is 16.0 Å². The van der Waals surface area contributed by atoms with Crippen molar-refractivity contribution in [1.82, 2.24) is 25.3 Å². The summed E-state index contributed by atoms with van der Waals surface area (Å²) in [5.41, 5.74) is 1.99. The SMILES string of the molecule is Cl.O=C(NCC1CCCN(C(=O)Cc2ccc(-n3cccn3)cc2)C1)C1CCCN1. The minimum atomic E-state index is -0.0407. The second-order valence-electron chi connectivity index (χ2n) is 8.04. The van der Waals surface area contributed by atoms with Crippen LogP contribution >= 0.6 is 12.4 Å². The number of carbonyl (C=O) groups is 2. The molecule has 8 heteroatoms. The highest BCUT2D eigenvalue weighted by Gasteiger charge is 2.26. The Labute approximate surface area is 183 Å². The third-order valence-electron chi connectivity index (χ3n) is 5.87. The summed E-state index contributed by atoms with van der Waals surface area (Å²) in [4.78, 5) is 26.9. The number of nitrogens with zero attached hydrogens (tertiary/aromatic N) is 3. The van der Waals surface area contributed by atoms with Crippen LogP contribution in [0.25, 0.3) is 5.69 Å². The number of amides is 2. The van der Waals surface area contributed by atoms with Crippen LogP contribution in [0.2, 0.25) is 0 Å². The van der Waals surface area contributed by atoms with Crippen molar-refractivity contribution in [2.75, 3.05) is 26.2 Å². The molecule has 2 atom stereocenters. The zero-order valence-electron chi connectivity index (χ0n) is 17.1. The fourth-order valence-electron chi connectivity index (χ4n) is 4.21. The number of halogens is 1. The van der Waals surface area contributed by atoms with E-state index in [1.165, 1.54) is 0 Å². The van der Waals surface area contributed by atoms with Gasteiger partial charge < -0.3 is 15.5 Å². The van der Waals surface area contributed by atoms with Crippen LogP contribution in [0, 0.1) is 5.92 Å². The van der Waals surface area contributed by atoms with Gasteiger partial charge >= 0.3 is 0 Å². The highest BCUT2D eigenvalue weighted by Crippen LogP contribution is 2.18. The summed E-state index contributed by atoms with van der Waals surface area (Å²) in [5, 5.41) is 10.5. The number of nitrogens with one attached hydrogen (secondary N) is 2. The molecule has 3 heterocycles. The number of piperidine rings is 1. The van der Waals surface area contributed by atoms with E-state index in [0.717, 1.165) is 56.6 Å². The van der Waals surface area contributed by atoms with Crippen molar-refractivity contribution in [2.24, 2.45) is 5.92 Å². The van der Waals surface area contributed by atoms with E-state index in [0.29, 0.717) is 18.9 Å². The van der Waals surface area contributed by atoms with Gasteiger partial charge in [0.25, 0.3) is 0 Å². The highest BCUT2D eigenvalue weighted by molar-refractivity contribution is 5.85. The van der Waals surface area contributed by atoms with Gasteiger partial charge in [-0.15, -0.1) is 12.4 Å². The molecule has 0 spiro atoms. The Balaban J connectivity index is 0.00000256. The molecule has 2 aliphatic rings.